The van der Waals surface area contributed by atoms with Crippen LogP contribution in [0, 0.1) is 5.92 Å². The number of para-hydroxylation sites is 1. The molecule has 2 atom stereocenters. The molecule has 11 nitrogen and oxygen atoms in total. The first kappa shape index (κ1) is 30.4. The van der Waals surface area contributed by atoms with Gasteiger partial charge >= 0.3 is 0 Å². The Balaban J connectivity index is 1.08. The SMILES string of the molecule is NC(=O)CS(=O)(=O)c1cccc(OC[C@@H](O)CC[C@H]2COC3(CCN(S(=O)(=O)c4cnc5ccccc5c4)CC3)C2)c1. The lowest BCUT2D eigenvalue weighted by molar-refractivity contribution is -0.115. The fourth-order valence-corrected chi connectivity index (χ4v) is 8.23. The number of sulfone groups is 1. The van der Waals surface area contributed by atoms with Crippen LogP contribution < -0.4 is 10.5 Å². The number of primary amides is 1. The fourth-order valence-electron chi connectivity index (χ4n) is 5.68. The summed E-state index contributed by atoms with van der Waals surface area (Å²) < 4.78 is 64.4. The topological polar surface area (TPSA) is 166 Å². The van der Waals surface area contributed by atoms with E-state index in [2.05, 4.69) is 4.98 Å². The first-order valence-corrected chi connectivity index (χ1v) is 17.0. The summed E-state index contributed by atoms with van der Waals surface area (Å²) in [5, 5.41) is 11.3. The van der Waals surface area contributed by atoms with Crippen molar-refractivity contribution in [2.24, 2.45) is 11.7 Å². The molecule has 1 amide bonds. The van der Waals surface area contributed by atoms with Crippen molar-refractivity contribution in [1.29, 1.82) is 0 Å². The zero-order chi connectivity index (χ0) is 30.0. The third-order valence-electron chi connectivity index (χ3n) is 7.97. The highest BCUT2D eigenvalue weighted by Gasteiger charge is 2.44. The number of fused-ring (bicyclic) bond motifs is 1. The van der Waals surface area contributed by atoms with Crippen molar-refractivity contribution in [1.82, 2.24) is 9.29 Å². The summed E-state index contributed by atoms with van der Waals surface area (Å²) in [6, 6.07) is 14.8. The van der Waals surface area contributed by atoms with Gasteiger partial charge in [-0.2, -0.15) is 4.31 Å². The molecule has 3 N–H and O–H groups in total. The summed E-state index contributed by atoms with van der Waals surface area (Å²) in [7, 11) is -7.53. The molecule has 1 aromatic heterocycles. The van der Waals surface area contributed by atoms with E-state index in [0.717, 1.165) is 17.3 Å². The zero-order valence-corrected chi connectivity index (χ0v) is 24.7. The largest absolute Gasteiger partial charge is 0.491 e. The van der Waals surface area contributed by atoms with Gasteiger partial charge < -0.3 is 20.3 Å². The van der Waals surface area contributed by atoms with Crippen LogP contribution in [0.2, 0.25) is 0 Å². The second-order valence-electron chi connectivity index (χ2n) is 11.1. The number of piperidine rings is 1. The number of amides is 1. The van der Waals surface area contributed by atoms with Crippen LogP contribution in [-0.4, -0.2) is 80.9 Å². The van der Waals surface area contributed by atoms with Gasteiger partial charge in [0.2, 0.25) is 15.9 Å². The minimum atomic E-state index is -3.86. The zero-order valence-electron chi connectivity index (χ0n) is 23.1. The van der Waals surface area contributed by atoms with Gasteiger partial charge in [-0.3, -0.25) is 9.78 Å². The maximum Gasteiger partial charge on any atom is 0.244 e. The first-order chi connectivity index (χ1) is 20.0. The third-order valence-corrected chi connectivity index (χ3v) is 11.5. The summed E-state index contributed by atoms with van der Waals surface area (Å²) in [5.41, 5.74) is 5.41. The Hall–Kier alpha value is -3.10. The number of nitrogens with two attached hydrogens (primary N) is 1. The molecule has 2 fully saturated rings. The van der Waals surface area contributed by atoms with E-state index in [1.807, 2.05) is 24.3 Å². The molecule has 2 aliphatic rings. The molecule has 0 radical (unpaired) electrons. The maximum absolute atomic E-state index is 13.3. The second kappa shape index (κ2) is 12.3. The number of benzene rings is 2. The highest BCUT2D eigenvalue weighted by atomic mass is 32.2. The molecule has 1 spiro atoms. The Morgan fingerprint density at radius 2 is 1.86 bits per heavy atom. The molecular formula is C29H35N3O8S2. The normalized spacial score (nSPS) is 20.1. The van der Waals surface area contributed by atoms with Crippen LogP contribution in [-0.2, 0) is 29.4 Å². The average Bonchev–Trinajstić information content (AvgIpc) is 3.36. The van der Waals surface area contributed by atoms with E-state index >= 15 is 0 Å². The lowest BCUT2D eigenvalue weighted by atomic mass is 9.84. The second-order valence-corrected chi connectivity index (χ2v) is 15.0. The molecular weight excluding hydrogens is 582 g/mol. The van der Waals surface area contributed by atoms with Crippen molar-refractivity contribution in [3.63, 3.8) is 0 Å². The van der Waals surface area contributed by atoms with Gasteiger partial charge in [-0.1, -0.05) is 24.3 Å². The molecule has 3 aromatic rings. The van der Waals surface area contributed by atoms with Gasteiger partial charge in [0.15, 0.2) is 9.84 Å². The highest BCUT2D eigenvalue weighted by Crippen LogP contribution is 2.41. The van der Waals surface area contributed by atoms with Crippen LogP contribution in [0.3, 0.4) is 0 Å². The molecule has 0 bridgehead atoms. The molecule has 226 valence electrons. The third kappa shape index (κ3) is 6.92. The van der Waals surface area contributed by atoms with Crippen LogP contribution in [0.1, 0.15) is 32.1 Å². The molecule has 42 heavy (non-hydrogen) atoms. The van der Waals surface area contributed by atoms with E-state index in [0.29, 0.717) is 45.4 Å². The smallest absolute Gasteiger partial charge is 0.244 e. The molecule has 5 rings (SSSR count). The first-order valence-electron chi connectivity index (χ1n) is 13.9. The highest BCUT2D eigenvalue weighted by molar-refractivity contribution is 7.92. The molecule has 13 heteroatoms. The summed E-state index contributed by atoms with van der Waals surface area (Å²) in [4.78, 5) is 15.5. The van der Waals surface area contributed by atoms with Crippen LogP contribution in [0.4, 0.5) is 0 Å². The monoisotopic (exact) mass is 617 g/mol. The molecule has 2 aliphatic heterocycles. The van der Waals surface area contributed by atoms with E-state index in [4.69, 9.17) is 15.2 Å². The van der Waals surface area contributed by atoms with Crippen molar-refractivity contribution in [3.05, 3.63) is 60.8 Å². The summed E-state index contributed by atoms with van der Waals surface area (Å²) in [6.07, 6.45) is 3.83. The van der Waals surface area contributed by atoms with E-state index < -0.39 is 37.6 Å². The maximum atomic E-state index is 13.3. The number of nitrogens with zero attached hydrogens (tertiary/aromatic N) is 2. The van der Waals surface area contributed by atoms with Gasteiger partial charge in [-0.05, 0) is 68.4 Å². The Kier molecular flexibility index (Phi) is 8.86. The number of aliphatic hydroxyl groups excluding tert-OH is 1. The predicted molar refractivity (Wildman–Crippen MR) is 155 cm³/mol. The van der Waals surface area contributed by atoms with Crippen molar-refractivity contribution in [2.45, 2.75) is 53.6 Å². The molecule has 0 saturated carbocycles. The number of aromatic nitrogens is 1. The van der Waals surface area contributed by atoms with Crippen LogP contribution in [0.5, 0.6) is 5.75 Å². The van der Waals surface area contributed by atoms with E-state index in [9.17, 15) is 26.7 Å². The Morgan fingerprint density at radius 1 is 1.10 bits per heavy atom. The number of sulfonamides is 1. The Morgan fingerprint density at radius 3 is 2.62 bits per heavy atom. The van der Waals surface area contributed by atoms with Crippen molar-refractivity contribution >= 4 is 36.7 Å². The van der Waals surface area contributed by atoms with Crippen LogP contribution >= 0.6 is 0 Å². The number of hydrogen-bond donors (Lipinski definition) is 2. The van der Waals surface area contributed by atoms with E-state index in [1.54, 1.807) is 12.1 Å². The minimum absolute atomic E-state index is 0.0194. The van der Waals surface area contributed by atoms with Gasteiger partial charge in [0, 0.05) is 24.7 Å². The number of carbonyl (C=O) groups excluding carboxylic acids is 1. The summed E-state index contributed by atoms with van der Waals surface area (Å²) in [6.45, 7) is 1.27. The number of hydrogen-bond acceptors (Lipinski definition) is 9. The van der Waals surface area contributed by atoms with Crippen LogP contribution in [0.15, 0.2) is 70.6 Å². The van der Waals surface area contributed by atoms with Gasteiger partial charge in [0.25, 0.3) is 0 Å². The molecule has 2 aromatic carbocycles. The van der Waals surface area contributed by atoms with Crippen molar-refractivity contribution in [3.8, 4) is 5.75 Å². The van der Waals surface area contributed by atoms with Gasteiger partial charge in [-0.15, -0.1) is 0 Å². The standard InChI is InChI=1S/C29H35N3O8S2/c30-28(34)20-41(35,36)25-6-3-5-24(15-25)39-19-23(33)9-8-21-16-29(40-18-21)10-12-32(13-11-29)42(37,38)26-14-22-4-1-2-7-27(22)31-17-26/h1-7,14-15,17,21,23,33H,8-13,16,18-20H2,(H2,30,34)/t21-,23+/m1/s1. The number of carbonyl (C=O) groups is 1. The number of rotatable bonds is 11. The van der Waals surface area contributed by atoms with Gasteiger partial charge in [0.05, 0.1) is 28.7 Å². The lowest BCUT2D eigenvalue weighted by Gasteiger charge is -2.38. The molecule has 0 unspecified atom stereocenters. The minimum Gasteiger partial charge on any atom is -0.491 e. The average molecular weight is 618 g/mol. The number of ether oxygens (including phenoxy) is 2. The van der Waals surface area contributed by atoms with Crippen molar-refractivity contribution < 1.29 is 36.2 Å². The van der Waals surface area contributed by atoms with Crippen LogP contribution in [0.25, 0.3) is 10.9 Å². The number of pyridine rings is 1. The quantitative estimate of drug-likeness (QED) is 0.328. The Bertz CT molecular complexity index is 1650. The van der Waals surface area contributed by atoms with Gasteiger partial charge in [-0.25, -0.2) is 16.8 Å². The fraction of sp³-hybridized carbons (Fsp3) is 0.448. The number of aliphatic hydroxyl groups is 1. The Labute approximate surface area is 245 Å². The summed E-state index contributed by atoms with van der Waals surface area (Å²) >= 11 is 0. The molecule has 2 saturated heterocycles. The molecule has 3 heterocycles. The van der Waals surface area contributed by atoms with E-state index in [1.165, 1.54) is 28.7 Å². The van der Waals surface area contributed by atoms with Gasteiger partial charge in [0.1, 0.15) is 23.0 Å². The molecule has 0 aliphatic carbocycles. The summed E-state index contributed by atoms with van der Waals surface area (Å²) in [5.74, 6) is -1.23. The van der Waals surface area contributed by atoms with Crippen molar-refractivity contribution in [2.75, 3.05) is 32.1 Å². The lowest BCUT2D eigenvalue weighted by Crippen LogP contribution is -2.46. The predicted octanol–water partition coefficient (Wildman–Crippen LogP) is 2.27. The van der Waals surface area contributed by atoms with E-state index in [-0.39, 0.29) is 33.7 Å².